The second-order valence-corrected chi connectivity index (χ2v) is 6.65. The topological polar surface area (TPSA) is 82.5 Å². The van der Waals surface area contributed by atoms with Crippen LogP contribution in [-0.4, -0.2) is 34.4 Å². The maximum atomic E-state index is 12.8. The first-order valence-corrected chi connectivity index (χ1v) is 8.68. The van der Waals surface area contributed by atoms with Crippen molar-refractivity contribution in [3.8, 4) is 5.75 Å². The SMILES string of the molecule is CC(C)C(OC(=O)c1ccnn1C)C(=O)NC1CCOc2ccccc21. The Balaban J connectivity index is 1.72. The summed E-state index contributed by atoms with van der Waals surface area (Å²) in [4.78, 5) is 25.2. The molecule has 7 nitrogen and oxygen atoms in total. The molecule has 26 heavy (non-hydrogen) atoms. The third kappa shape index (κ3) is 3.71. The minimum absolute atomic E-state index is 0.163. The van der Waals surface area contributed by atoms with Crippen LogP contribution in [0.1, 0.15) is 42.4 Å². The van der Waals surface area contributed by atoms with E-state index in [1.807, 2.05) is 38.1 Å². The van der Waals surface area contributed by atoms with E-state index in [1.54, 1.807) is 13.1 Å². The van der Waals surface area contributed by atoms with Crippen LogP contribution in [0.25, 0.3) is 0 Å². The molecule has 1 N–H and O–H groups in total. The summed E-state index contributed by atoms with van der Waals surface area (Å²) in [7, 11) is 1.65. The summed E-state index contributed by atoms with van der Waals surface area (Å²) in [5.74, 6) is -0.261. The summed E-state index contributed by atoms with van der Waals surface area (Å²) in [5.41, 5.74) is 1.24. The van der Waals surface area contributed by atoms with Crippen molar-refractivity contribution in [1.82, 2.24) is 15.1 Å². The molecule has 0 bridgehead atoms. The molecule has 1 amide bonds. The Labute approximate surface area is 152 Å². The Hall–Kier alpha value is -2.83. The number of nitrogens with one attached hydrogen (secondary N) is 1. The van der Waals surface area contributed by atoms with Crippen LogP contribution in [0.5, 0.6) is 5.75 Å². The highest BCUT2D eigenvalue weighted by Crippen LogP contribution is 2.31. The van der Waals surface area contributed by atoms with Gasteiger partial charge in [0.15, 0.2) is 6.10 Å². The molecule has 0 fully saturated rings. The second kappa shape index (κ2) is 7.59. The molecule has 1 aliphatic heterocycles. The Morgan fingerprint density at radius 1 is 1.31 bits per heavy atom. The average Bonchev–Trinajstić information content (AvgIpc) is 3.05. The zero-order valence-corrected chi connectivity index (χ0v) is 15.1. The Bertz CT molecular complexity index is 800. The van der Waals surface area contributed by atoms with E-state index in [4.69, 9.17) is 9.47 Å². The number of amides is 1. The molecule has 1 aliphatic rings. The zero-order chi connectivity index (χ0) is 18.7. The van der Waals surface area contributed by atoms with Gasteiger partial charge in [0.2, 0.25) is 0 Å². The van der Waals surface area contributed by atoms with Gasteiger partial charge in [-0.25, -0.2) is 4.79 Å². The predicted octanol–water partition coefficient (Wildman–Crippen LogP) is 2.24. The maximum Gasteiger partial charge on any atom is 0.357 e. The standard InChI is InChI=1S/C19H23N3O4/c1-12(2)17(26-19(24)15-8-10-20-22(15)3)18(23)21-14-9-11-25-16-7-5-4-6-13(14)16/h4-8,10,12,14,17H,9,11H2,1-3H3,(H,21,23). The van der Waals surface area contributed by atoms with Crippen LogP contribution in [0.4, 0.5) is 0 Å². The van der Waals surface area contributed by atoms with Gasteiger partial charge in [-0.15, -0.1) is 0 Å². The molecule has 0 saturated heterocycles. The van der Waals surface area contributed by atoms with Gasteiger partial charge in [0.1, 0.15) is 11.4 Å². The second-order valence-electron chi connectivity index (χ2n) is 6.65. The lowest BCUT2D eigenvalue weighted by Gasteiger charge is -2.29. The first kappa shape index (κ1) is 18.0. The smallest absolute Gasteiger partial charge is 0.357 e. The molecule has 138 valence electrons. The molecule has 7 heteroatoms. The van der Waals surface area contributed by atoms with Gasteiger partial charge < -0.3 is 14.8 Å². The molecule has 2 atom stereocenters. The number of hydrogen-bond acceptors (Lipinski definition) is 5. The van der Waals surface area contributed by atoms with E-state index < -0.39 is 12.1 Å². The van der Waals surface area contributed by atoms with E-state index >= 15 is 0 Å². The van der Waals surface area contributed by atoms with E-state index in [9.17, 15) is 9.59 Å². The number of aryl methyl sites for hydroxylation is 1. The van der Waals surface area contributed by atoms with Crippen LogP contribution in [0.15, 0.2) is 36.5 Å². The predicted molar refractivity (Wildman–Crippen MR) is 94.7 cm³/mol. The van der Waals surface area contributed by atoms with E-state index in [1.165, 1.54) is 10.9 Å². The van der Waals surface area contributed by atoms with Crippen molar-refractivity contribution in [2.24, 2.45) is 13.0 Å². The average molecular weight is 357 g/mol. The lowest BCUT2D eigenvalue weighted by molar-refractivity contribution is -0.133. The normalized spacial score (nSPS) is 17.2. The fourth-order valence-electron chi connectivity index (χ4n) is 2.99. The van der Waals surface area contributed by atoms with Gasteiger partial charge in [-0.3, -0.25) is 9.48 Å². The van der Waals surface area contributed by atoms with Crippen molar-refractivity contribution < 1.29 is 19.1 Å². The van der Waals surface area contributed by atoms with E-state index in [0.29, 0.717) is 18.7 Å². The Morgan fingerprint density at radius 2 is 2.08 bits per heavy atom. The summed E-state index contributed by atoms with van der Waals surface area (Å²) < 4.78 is 12.5. The molecule has 2 aromatic rings. The summed E-state index contributed by atoms with van der Waals surface area (Å²) >= 11 is 0. The molecule has 1 aromatic heterocycles. The third-order valence-electron chi connectivity index (χ3n) is 4.40. The highest BCUT2D eigenvalue weighted by molar-refractivity contribution is 5.91. The summed E-state index contributed by atoms with van der Waals surface area (Å²) in [6.45, 7) is 4.22. The lowest BCUT2D eigenvalue weighted by Crippen LogP contribution is -2.43. The van der Waals surface area contributed by atoms with Gasteiger partial charge in [-0.2, -0.15) is 5.10 Å². The summed E-state index contributed by atoms with van der Waals surface area (Å²) in [6.07, 6.45) is 1.30. The van der Waals surface area contributed by atoms with Crippen molar-refractivity contribution in [3.63, 3.8) is 0 Å². The van der Waals surface area contributed by atoms with Crippen molar-refractivity contribution in [2.45, 2.75) is 32.4 Å². The number of benzene rings is 1. The number of esters is 1. The number of rotatable bonds is 5. The molecular formula is C19H23N3O4. The Kier molecular flexibility index (Phi) is 5.25. The number of nitrogens with zero attached hydrogens (tertiary/aromatic N) is 2. The number of carbonyl (C=O) groups excluding carboxylic acids is 2. The quantitative estimate of drug-likeness (QED) is 0.830. The molecule has 0 saturated carbocycles. The molecular weight excluding hydrogens is 334 g/mol. The number of fused-ring (bicyclic) bond motifs is 1. The number of para-hydroxylation sites is 1. The van der Waals surface area contributed by atoms with E-state index in [2.05, 4.69) is 10.4 Å². The molecule has 0 radical (unpaired) electrons. The minimum atomic E-state index is -0.882. The molecule has 1 aromatic carbocycles. The fourth-order valence-corrected chi connectivity index (χ4v) is 2.99. The maximum absolute atomic E-state index is 12.8. The van der Waals surface area contributed by atoms with Gasteiger partial charge in [-0.05, 0) is 18.1 Å². The van der Waals surface area contributed by atoms with Crippen LogP contribution < -0.4 is 10.1 Å². The summed E-state index contributed by atoms with van der Waals surface area (Å²) in [6, 6.07) is 9.03. The van der Waals surface area contributed by atoms with Gasteiger partial charge >= 0.3 is 5.97 Å². The number of hydrogen-bond donors (Lipinski definition) is 1. The van der Waals surface area contributed by atoms with Gasteiger partial charge in [0.05, 0.1) is 12.6 Å². The number of carbonyl (C=O) groups is 2. The molecule has 0 aliphatic carbocycles. The minimum Gasteiger partial charge on any atom is -0.493 e. The highest BCUT2D eigenvalue weighted by atomic mass is 16.5. The van der Waals surface area contributed by atoms with Crippen LogP contribution >= 0.6 is 0 Å². The van der Waals surface area contributed by atoms with Crippen LogP contribution in [-0.2, 0) is 16.6 Å². The van der Waals surface area contributed by atoms with Crippen molar-refractivity contribution >= 4 is 11.9 Å². The zero-order valence-electron chi connectivity index (χ0n) is 15.1. The fraction of sp³-hybridized carbons (Fsp3) is 0.421. The largest absolute Gasteiger partial charge is 0.493 e. The highest BCUT2D eigenvalue weighted by Gasteiger charge is 2.31. The first-order valence-electron chi connectivity index (χ1n) is 8.68. The van der Waals surface area contributed by atoms with Crippen molar-refractivity contribution in [3.05, 3.63) is 47.8 Å². The Morgan fingerprint density at radius 3 is 2.77 bits per heavy atom. The number of ether oxygens (including phenoxy) is 2. The molecule has 2 unspecified atom stereocenters. The number of aromatic nitrogens is 2. The van der Waals surface area contributed by atoms with E-state index in [0.717, 1.165) is 11.3 Å². The van der Waals surface area contributed by atoms with Crippen LogP contribution in [0, 0.1) is 5.92 Å². The lowest BCUT2D eigenvalue weighted by atomic mass is 9.99. The molecule has 3 rings (SSSR count). The van der Waals surface area contributed by atoms with Crippen LogP contribution in [0.2, 0.25) is 0 Å². The molecule has 2 heterocycles. The monoisotopic (exact) mass is 357 g/mol. The van der Waals surface area contributed by atoms with Crippen molar-refractivity contribution in [1.29, 1.82) is 0 Å². The van der Waals surface area contributed by atoms with E-state index in [-0.39, 0.29) is 17.9 Å². The van der Waals surface area contributed by atoms with Gasteiger partial charge in [0.25, 0.3) is 5.91 Å². The summed E-state index contributed by atoms with van der Waals surface area (Å²) in [5, 5.41) is 6.96. The van der Waals surface area contributed by atoms with Gasteiger partial charge in [0, 0.05) is 25.2 Å². The van der Waals surface area contributed by atoms with Crippen LogP contribution in [0.3, 0.4) is 0 Å². The van der Waals surface area contributed by atoms with Crippen molar-refractivity contribution in [2.75, 3.05) is 6.61 Å². The third-order valence-corrected chi connectivity index (χ3v) is 4.40. The van der Waals surface area contributed by atoms with Gasteiger partial charge in [-0.1, -0.05) is 32.0 Å². The first-order chi connectivity index (χ1) is 12.5. The molecule has 0 spiro atoms.